The molecule has 1 aliphatic carbocycles. The van der Waals surface area contributed by atoms with Gasteiger partial charge >= 0.3 is 0 Å². The van der Waals surface area contributed by atoms with Crippen LogP contribution < -0.4 is 5.32 Å². The van der Waals surface area contributed by atoms with Crippen molar-refractivity contribution in [2.75, 3.05) is 18.1 Å². The largest absolute Gasteiger partial charge is 0.421 e. The number of ether oxygens (including phenoxy) is 1. The number of fused-ring (bicyclic) bond motifs is 3. The van der Waals surface area contributed by atoms with Crippen molar-refractivity contribution in [3.8, 4) is 21.9 Å². The summed E-state index contributed by atoms with van der Waals surface area (Å²) in [5.41, 5.74) is 6.46. The van der Waals surface area contributed by atoms with E-state index in [1.54, 1.807) is 18.3 Å². The zero-order valence-corrected chi connectivity index (χ0v) is 30.9. The molecule has 7 heterocycles. The van der Waals surface area contributed by atoms with Crippen LogP contribution in [0.3, 0.4) is 0 Å². The summed E-state index contributed by atoms with van der Waals surface area (Å²) in [6, 6.07) is 8.40. The summed E-state index contributed by atoms with van der Waals surface area (Å²) in [4.78, 5) is 16.0. The van der Waals surface area contributed by atoms with Crippen molar-refractivity contribution >= 4 is 38.0 Å². The van der Waals surface area contributed by atoms with Crippen LogP contribution >= 0.6 is 11.3 Å². The molecule has 9 nitrogen and oxygen atoms in total. The molecule has 258 valence electrons. The Kier molecular flexibility index (Phi) is 9.95. The number of aryl methyl sites for hydroxylation is 4. The average Bonchev–Trinajstić information content (AvgIpc) is 3.88. The van der Waals surface area contributed by atoms with Crippen molar-refractivity contribution in [2.24, 2.45) is 11.8 Å². The molecular weight excluding hydrogens is 653 g/mol. The van der Waals surface area contributed by atoms with Gasteiger partial charge in [-0.3, -0.25) is 14.2 Å². The molecule has 0 amide bonds. The van der Waals surface area contributed by atoms with Gasteiger partial charge in [0.15, 0.2) is 0 Å². The Morgan fingerprint density at radius 3 is 2.59 bits per heavy atom. The molecule has 5 aromatic heterocycles. The lowest BCUT2D eigenvalue weighted by Crippen LogP contribution is -2.29. The maximum atomic E-state index is 13.9. The molecule has 4 atom stereocenters. The molecule has 4 unspecified atom stereocenters. The van der Waals surface area contributed by atoms with Crippen LogP contribution in [-0.4, -0.2) is 54.4 Å². The Bertz CT molecular complexity index is 1950. The van der Waals surface area contributed by atoms with Crippen molar-refractivity contribution in [3.63, 3.8) is 0 Å². The summed E-state index contributed by atoms with van der Waals surface area (Å²) >= 11 is 1.66. The number of aromatic nitrogens is 5. The van der Waals surface area contributed by atoms with Crippen LogP contribution in [0.4, 0.5) is 5.82 Å². The minimum Gasteiger partial charge on any atom is -0.421 e. The number of hydrogen-bond acceptors (Lipinski definition) is 10. The van der Waals surface area contributed by atoms with Gasteiger partial charge in [0.1, 0.15) is 5.82 Å². The quantitative estimate of drug-likeness (QED) is 0.179. The molecule has 2 aliphatic heterocycles. The minimum absolute atomic E-state index is 0.138. The number of thiophene rings is 1. The number of anilines is 1. The molecular formula is C38H46N6O3S2. The number of nitrogens with zero attached hydrogens (tertiary/aromatic N) is 5. The molecule has 0 aromatic carbocycles. The summed E-state index contributed by atoms with van der Waals surface area (Å²) in [5.74, 6) is 3.38. The first-order chi connectivity index (χ1) is 23.7. The second-order valence-electron chi connectivity index (χ2n) is 14.0. The fourth-order valence-corrected chi connectivity index (χ4v) is 10.9. The van der Waals surface area contributed by atoms with E-state index >= 15 is 0 Å². The zero-order chi connectivity index (χ0) is 34.2. The third-order valence-corrected chi connectivity index (χ3v) is 12.8. The monoisotopic (exact) mass is 698 g/mol. The Balaban J connectivity index is 0.000000361. The van der Waals surface area contributed by atoms with Crippen molar-refractivity contribution < 1.29 is 13.4 Å². The highest BCUT2D eigenvalue weighted by atomic mass is 32.2. The van der Waals surface area contributed by atoms with Gasteiger partial charge in [-0.25, -0.2) is 4.98 Å². The second kappa shape index (κ2) is 14.4. The molecule has 3 aliphatic rings. The van der Waals surface area contributed by atoms with E-state index in [0.29, 0.717) is 29.4 Å². The van der Waals surface area contributed by atoms with Gasteiger partial charge in [-0.2, -0.15) is 0 Å². The maximum Gasteiger partial charge on any atom is 0.250 e. The van der Waals surface area contributed by atoms with Gasteiger partial charge in [0.05, 0.1) is 49.6 Å². The molecule has 0 bridgehead atoms. The first kappa shape index (κ1) is 33.9. The molecule has 8 rings (SSSR count). The van der Waals surface area contributed by atoms with Gasteiger partial charge in [-0.1, -0.05) is 19.9 Å². The number of hydrogen-bond donors (Lipinski definition) is 1. The predicted molar refractivity (Wildman–Crippen MR) is 197 cm³/mol. The highest BCUT2D eigenvalue weighted by Gasteiger charge is 2.39. The Hall–Kier alpha value is -3.54. The standard InChI is InChI=1S/C30H37N5O3S2.C8H9N/c1-15(2)21-14-40(36)28-25(23-13-20-9-10-32-29(31-6)27(20)39-23)24(30-35-34-18(5)38-30)22(33-26(21)28)8-7-19-11-16(3)37-17(4)12-19;1-3-7-4-2-6-9-8(7)5-1/h9-10,13,15-17,19,21H,7-8,11-12,14H2,1-6H3,(H,31,32);2,4,6H,1,3,5H2. The van der Waals surface area contributed by atoms with Crippen LogP contribution in [0.5, 0.6) is 0 Å². The third kappa shape index (κ3) is 6.94. The number of nitrogens with one attached hydrogen (secondary N) is 1. The van der Waals surface area contributed by atoms with Crippen molar-refractivity contribution in [3.05, 3.63) is 65.2 Å². The smallest absolute Gasteiger partial charge is 0.250 e. The van der Waals surface area contributed by atoms with Gasteiger partial charge in [-0.05, 0) is 99.8 Å². The van der Waals surface area contributed by atoms with Crippen molar-refractivity contribution in [1.29, 1.82) is 0 Å². The second-order valence-corrected chi connectivity index (χ2v) is 16.5. The first-order valence-corrected chi connectivity index (χ1v) is 19.7. The van der Waals surface area contributed by atoms with Gasteiger partial charge in [0.25, 0.3) is 0 Å². The maximum absolute atomic E-state index is 13.9. The fraction of sp³-hybridized carbons (Fsp3) is 0.500. The topological polar surface area (TPSA) is 116 Å². The van der Waals surface area contributed by atoms with E-state index in [1.807, 2.05) is 31.6 Å². The molecule has 49 heavy (non-hydrogen) atoms. The van der Waals surface area contributed by atoms with E-state index in [2.05, 4.69) is 65.3 Å². The fourth-order valence-electron chi connectivity index (χ4n) is 7.75. The SMILES string of the molecule is CNc1nccc2cc(-c3c(-c4nnc(C)o4)c(CCC4CC(C)OC(C)C4)nc4c3S(=O)CC4C(C)C)sc12.c1cnc2c(c1)CCC2. The molecule has 1 N–H and O–H groups in total. The molecule has 0 saturated carbocycles. The van der Waals surface area contributed by atoms with Crippen molar-refractivity contribution in [1.82, 2.24) is 25.1 Å². The van der Waals surface area contributed by atoms with Gasteiger partial charge in [0.2, 0.25) is 11.8 Å². The molecule has 11 heteroatoms. The van der Waals surface area contributed by atoms with Crippen LogP contribution in [0.2, 0.25) is 0 Å². The molecule has 0 spiro atoms. The van der Waals surface area contributed by atoms with Crippen LogP contribution in [0.15, 0.2) is 46.0 Å². The molecule has 5 aromatic rings. The lowest BCUT2D eigenvalue weighted by atomic mass is 9.86. The number of pyridine rings is 3. The van der Waals surface area contributed by atoms with Crippen LogP contribution in [-0.2, 0) is 34.8 Å². The predicted octanol–water partition coefficient (Wildman–Crippen LogP) is 8.33. The molecule has 1 saturated heterocycles. The van der Waals surface area contributed by atoms with E-state index in [-0.39, 0.29) is 18.1 Å². The summed E-state index contributed by atoms with van der Waals surface area (Å²) in [6.45, 7) is 10.5. The van der Waals surface area contributed by atoms with Gasteiger partial charge < -0.3 is 14.5 Å². The minimum atomic E-state index is -1.19. The lowest BCUT2D eigenvalue weighted by Gasteiger charge is -2.32. The summed E-state index contributed by atoms with van der Waals surface area (Å²) in [7, 11) is 0.699. The summed E-state index contributed by atoms with van der Waals surface area (Å²) < 4.78 is 27.0. The molecule has 1 fully saturated rings. The summed E-state index contributed by atoms with van der Waals surface area (Å²) in [6.07, 6.45) is 11.8. The van der Waals surface area contributed by atoms with E-state index in [0.717, 1.165) is 73.9 Å². The van der Waals surface area contributed by atoms with Gasteiger partial charge in [-0.15, -0.1) is 21.5 Å². The Morgan fingerprint density at radius 1 is 1.06 bits per heavy atom. The van der Waals surface area contributed by atoms with E-state index in [4.69, 9.17) is 14.1 Å². The van der Waals surface area contributed by atoms with Crippen molar-refractivity contribution in [2.45, 2.75) is 103 Å². The summed E-state index contributed by atoms with van der Waals surface area (Å²) in [5, 5.41) is 13.0. The lowest BCUT2D eigenvalue weighted by molar-refractivity contribution is -0.0533. The third-order valence-electron chi connectivity index (χ3n) is 10.1. The Morgan fingerprint density at radius 2 is 1.88 bits per heavy atom. The molecule has 0 radical (unpaired) electrons. The zero-order valence-electron chi connectivity index (χ0n) is 29.3. The highest BCUT2D eigenvalue weighted by molar-refractivity contribution is 7.85. The Labute approximate surface area is 295 Å². The van der Waals surface area contributed by atoms with Crippen LogP contribution in [0, 0.1) is 18.8 Å². The highest BCUT2D eigenvalue weighted by Crippen LogP contribution is 2.50. The normalized spacial score (nSPS) is 23.0. The van der Waals surface area contributed by atoms with Crippen LogP contribution in [0.1, 0.15) is 87.8 Å². The first-order valence-electron chi connectivity index (χ1n) is 17.6. The van der Waals surface area contributed by atoms with E-state index in [1.165, 1.54) is 30.5 Å². The van der Waals surface area contributed by atoms with E-state index < -0.39 is 10.8 Å². The van der Waals surface area contributed by atoms with Crippen LogP contribution in [0.25, 0.3) is 32.0 Å². The number of rotatable bonds is 7. The average molecular weight is 699 g/mol. The van der Waals surface area contributed by atoms with E-state index in [9.17, 15) is 4.21 Å². The van der Waals surface area contributed by atoms with Gasteiger partial charge in [0, 0.05) is 54.2 Å².